The molecule has 20 heavy (non-hydrogen) atoms. The van der Waals surface area contributed by atoms with E-state index in [0.29, 0.717) is 6.04 Å². The maximum Gasteiger partial charge on any atom is 0.0516 e. The van der Waals surface area contributed by atoms with Crippen LogP contribution in [0, 0.1) is 0 Å². The van der Waals surface area contributed by atoms with Crippen LogP contribution < -0.4 is 10.2 Å². The highest BCUT2D eigenvalue weighted by Gasteiger charge is 2.19. The minimum atomic E-state index is 0.449. The summed E-state index contributed by atoms with van der Waals surface area (Å²) in [5, 5.41) is 3.68. The standard InChI is InChI=1S/C18H22N2/c1-20(2)16-12-10-15(11-13-16)19-18-9-5-7-14-6-3-4-8-17(14)18/h3-4,6,8,10-13,18-19H,5,7,9H2,1-2H3. The molecular formula is C18H22N2. The largest absolute Gasteiger partial charge is 0.378 e. The van der Waals surface area contributed by atoms with Crippen molar-refractivity contribution in [2.45, 2.75) is 25.3 Å². The van der Waals surface area contributed by atoms with Crippen LogP contribution in [0.25, 0.3) is 0 Å². The zero-order chi connectivity index (χ0) is 13.9. The smallest absolute Gasteiger partial charge is 0.0516 e. The van der Waals surface area contributed by atoms with Crippen molar-refractivity contribution in [1.82, 2.24) is 0 Å². The Kier molecular flexibility index (Phi) is 3.64. The maximum atomic E-state index is 3.68. The monoisotopic (exact) mass is 266 g/mol. The molecule has 1 N–H and O–H groups in total. The molecule has 0 amide bonds. The first-order valence-corrected chi connectivity index (χ1v) is 7.36. The summed E-state index contributed by atoms with van der Waals surface area (Å²) < 4.78 is 0. The van der Waals surface area contributed by atoms with E-state index in [9.17, 15) is 0 Å². The molecule has 3 rings (SSSR count). The number of hydrogen-bond acceptors (Lipinski definition) is 2. The van der Waals surface area contributed by atoms with Crippen molar-refractivity contribution in [2.75, 3.05) is 24.3 Å². The first kappa shape index (κ1) is 13.0. The van der Waals surface area contributed by atoms with E-state index in [-0.39, 0.29) is 0 Å². The predicted molar refractivity (Wildman–Crippen MR) is 86.5 cm³/mol. The third kappa shape index (κ3) is 2.64. The van der Waals surface area contributed by atoms with Gasteiger partial charge in [0.2, 0.25) is 0 Å². The van der Waals surface area contributed by atoms with Crippen molar-refractivity contribution >= 4 is 11.4 Å². The fraction of sp³-hybridized carbons (Fsp3) is 0.333. The SMILES string of the molecule is CN(C)c1ccc(NC2CCCc3ccccc32)cc1. The summed E-state index contributed by atoms with van der Waals surface area (Å²) in [6.07, 6.45) is 3.70. The number of aryl methyl sites for hydroxylation is 1. The average molecular weight is 266 g/mol. The molecule has 0 radical (unpaired) electrons. The molecule has 1 unspecified atom stereocenters. The molecule has 0 spiro atoms. The topological polar surface area (TPSA) is 15.3 Å². The molecule has 0 aromatic heterocycles. The van der Waals surface area contributed by atoms with Crippen LogP contribution in [0.2, 0.25) is 0 Å². The molecular weight excluding hydrogens is 244 g/mol. The van der Waals surface area contributed by atoms with Gasteiger partial charge in [-0.15, -0.1) is 0 Å². The Bertz CT molecular complexity index is 572. The Morgan fingerprint density at radius 2 is 1.75 bits per heavy atom. The molecule has 1 aliphatic rings. The molecule has 1 atom stereocenters. The number of benzene rings is 2. The summed E-state index contributed by atoms with van der Waals surface area (Å²) in [7, 11) is 4.14. The zero-order valence-electron chi connectivity index (χ0n) is 12.3. The van der Waals surface area contributed by atoms with Gasteiger partial charge in [0.1, 0.15) is 0 Å². The van der Waals surface area contributed by atoms with E-state index in [4.69, 9.17) is 0 Å². The number of nitrogens with one attached hydrogen (secondary N) is 1. The molecule has 0 bridgehead atoms. The van der Waals surface area contributed by atoms with Gasteiger partial charge in [-0.3, -0.25) is 0 Å². The van der Waals surface area contributed by atoms with Gasteiger partial charge in [0.25, 0.3) is 0 Å². The molecule has 2 heteroatoms. The van der Waals surface area contributed by atoms with Crippen LogP contribution in [0.4, 0.5) is 11.4 Å². The van der Waals surface area contributed by atoms with Crippen molar-refractivity contribution in [2.24, 2.45) is 0 Å². The molecule has 104 valence electrons. The van der Waals surface area contributed by atoms with E-state index in [1.807, 2.05) is 0 Å². The third-order valence-corrected chi connectivity index (χ3v) is 4.09. The lowest BCUT2D eigenvalue weighted by Crippen LogP contribution is -2.17. The first-order valence-electron chi connectivity index (χ1n) is 7.36. The average Bonchev–Trinajstić information content (AvgIpc) is 2.48. The highest BCUT2D eigenvalue weighted by molar-refractivity contribution is 5.55. The van der Waals surface area contributed by atoms with Gasteiger partial charge in [0, 0.05) is 25.5 Å². The highest BCUT2D eigenvalue weighted by atomic mass is 15.1. The van der Waals surface area contributed by atoms with Crippen LogP contribution in [0.5, 0.6) is 0 Å². The highest BCUT2D eigenvalue weighted by Crippen LogP contribution is 2.32. The Balaban J connectivity index is 1.78. The van der Waals surface area contributed by atoms with Crippen LogP contribution in [-0.2, 0) is 6.42 Å². The fourth-order valence-corrected chi connectivity index (χ4v) is 2.96. The number of fused-ring (bicyclic) bond motifs is 1. The summed E-state index contributed by atoms with van der Waals surface area (Å²) in [5.41, 5.74) is 5.41. The molecule has 1 aliphatic carbocycles. The molecule has 2 aromatic carbocycles. The fourth-order valence-electron chi connectivity index (χ4n) is 2.96. The van der Waals surface area contributed by atoms with E-state index in [1.54, 1.807) is 0 Å². The van der Waals surface area contributed by atoms with E-state index >= 15 is 0 Å². The quantitative estimate of drug-likeness (QED) is 0.893. The Hall–Kier alpha value is -1.96. The molecule has 0 saturated carbocycles. The van der Waals surface area contributed by atoms with Gasteiger partial charge in [-0.1, -0.05) is 24.3 Å². The lowest BCUT2D eigenvalue weighted by Gasteiger charge is -2.27. The number of rotatable bonds is 3. The minimum Gasteiger partial charge on any atom is -0.378 e. The van der Waals surface area contributed by atoms with Gasteiger partial charge in [-0.25, -0.2) is 0 Å². The van der Waals surface area contributed by atoms with Crippen molar-refractivity contribution in [3.8, 4) is 0 Å². The molecule has 2 nitrogen and oxygen atoms in total. The van der Waals surface area contributed by atoms with Gasteiger partial charge in [-0.05, 0) is 54.7 Å². The van der Waals surface area contributed by atoms with Crippen molar-refractivity contribution in [3.05, 3.63) is 59.7 Å². The second kappa shape index (κ2) is 5.58. The minimum absolute atomic E-state index is 0.449. The van der Waals surface area contributed by atoms with Gasteiger partial charge in [0.15, 0.2) is 0 Å². The second-order valence-corrected chi connectivity index (χ2v) is 5.73. The lowest BCUT2D eigenvalue weighted by molar-refractivity contribution is 0.600. The zero-order valence-corrected chi connectivity index (χ0v) is 12.3. The van der Waals surface area contributed by atoms with Crippen molar-refractivity contribution < 1.29 is 0 Å². The van der Waals surface area contributed by atoms with Crippen molar-refractivity contribution in [3.63, 3.8) is 0 Å². The number of nitrogens with zero attached hydrogens (tertiary/aromatic N) is 1. The van der Waals surface area contributed by atoms with Crippen LogP contribution in [0.1, 0.15) is 30.0 Å². The second-order valence-electron chi connectivity index (χ2n) is 5.73. The van der Waals surface area contributed by atoms with Crippen LogP contribution in [0.3, 0.4) is 0 Å². The number of hydrogen-bond donors (Lipinski definition) is 1. The predicted octanol–water partition coefficient (Wildman–Crippen LogP) is 4.24. The van der Waals surface area contributed by atoms with Gasteiger partial charge in [0.05, 0.1) is 6.04 Å². The number of anilines is 2. The maximum absolute atomic E-state index is 3.68. The summed E-state index contributed by atoms with van der Waals surface area (Å²) >= 11 is 0. The van der Waals surface area contributed by atoms with E-state index < -0.39 is 0 Å². The summed E-state index contributed by atoms with van der Waals surface area (Å²) in [5.74, 6) is 0. The van der Waals surface area contributed by atoms with Crippen molar-refractivity contribution in [1.29, 1.82) is 0 Å². The van der Waals surface area contributed by atoms with E-state index in [0.717, 1.165) is 0 Å². The Labute approximate surface area is 121 Å². The summed E-state index contributed by atoms with van der Waals surface area (Å²) in [6.45, 7) is 0. The molecule has 0 saturated heterocycles. The lowest BCUT2D eigenvalue weighted by atomic mass is 9.87. The Morgan fingerprint density at radius 1 is 1.00 bits per heavy atom. The molecule has 0 heterocycles. The van der Waals surface area contributed by atoms with Crippen LogP contribution in [-0.4, -0.2) is 14.1 Å². The molecule has 2 aromatic rings. The van der Waals surface area contributed by atoms with Gasteiger partial charge in [-0.2, -0.15) is 0 Å². The Morgan fingerprint density at radius 3 is 2.50 bits per heavy atom. The van der Waals surface area contributed by atoms with Crippen LogP contribution >= 0.6 is 0 Å². The third-order valence-electron chi connectivity index (χ3n) is 4.09. The van der Waals surface area contributed by atoms with E-state index in [1.165, 1.54) is 41.8 Å². The van der Waals surface area contributed by atoms with Gasteiger partial charge < -0.3 is 10.2 Å². The normalized spacial score (nSPS) is 17.4. The molecule has 0 aliphatic heterocycles. The van der Waals surface area contributed by atoms with Crippen LogP contribution in [0.15, 0.2) is 48.5 Å². The van der Waals surface area contributed by atoms with E-state index in [2.05, 4.69) is 72.8 Å². The molecule has 0 fully saturated rings. The van der Waals surface area contributed by atoms with Gasteiger partial charge >= 0.3 is 0 Å². The first-order chi connectivity index (χ1) is 9.74. The summed E-state index contributed by atoms with van der Waals surface area (Å²) in [4.78, 5) is 2.12. The summed E-state index contributed by atoms with van der Waals surface area (Å²) in [6, 6.07) is 17.9.